The van der Waals surface area contributed by atoms with Crippen LogP contribution in [-0.2, 0) is 6.54 Å². The number of piperazine rings is 1. The Kier molecular flexibility index (Phi) is 7.02. The molecule has 1 fully saturated rings. The van der Waals surface area contributed by atoms with E-state index in [9.17, 15) is 9.59 Å². The van der Waals surface area contributed by atoms with Gasteiger partial charge in [0.05, 0.1) is 17.3 Å². The number of benzene rings is 2. The second-order valence-electron chi connectivity index (χ2n) is 9.44. The molecule has 0 radical (unpaired) electrons. The van der Waals surface area contributed by atoms with E-state index in [1.807, 2.05) is 54.8 Å². The number of aromatic nitrogens is 3. The van der Waals surface area contributed by atoms with E-state index in [1.165, 1.54) is 10.2 Å². The molecule has 0 atom stereocenters. The van der Waals surface area contributed by atoms with Gasteiger partial charge in [-0.15, -0.1) is 0 Å². The Hall–Kier alpha value is -3.68. The van der Waals surface area contributed by atoms with Crippen LogP contribution < -0.4 is 11.1 Å². The first-order chi connectivity index (χ1) is 17.5. The van der Waals surface area contributed by atoms with Gasteiger partial charge in [-0.25, -0.2) is 4.68 Å². The maximum atomic E-state index is 13.4. The Bertz CT molecular complexity index is 1470. The molecule has 0 spiro atoms. The summed E-state index contributed by atoms with van der Waals surface area (Å²) in [5.41, 5.74) is 3.41. The first-order valence-electron chi connectivity index (χ1n) is 12.6. The molecule has 4 aromatic rings. The monoisotopic (exact) mass is 483 g/mol. The van der Waals surface area contributed by atoms with E-state index in [0.29, 0.717) is 17.3 Å². The molecule has 1 N–H and O–H groups in total. The van der Waals surface area contributed by atoms with Gasteiger partial charge in [0.25, 0.3) is 11.1 Å². The zero-order chi connectivity index (χ0) is 25.1. The summed E-state index contributed by atoms with van der Waals surface area (Å²) in [7, 11) is 0. The predicted molar refractivity (Wildman–Crippen MR) is 146 cm³/mol. The summed E-state index contributed by atoms with van der Waals surface area (Å²) < 4.78 is 3.48. The summed E-state index contributed by atoms with van der Waals surface area (Å²) in [6.07, 6.45) is 4.39. The third-order valence-corrected chi connectivity index (χ3v) is 7.16. The number of nitrogens with one attached hydrogen (secondary N) is 1. The molecule has 5 rings (SSSR count). The summed E-state index contributed by atoms with van der Waals surface area (Å²) in [5, 5.41) is 3.82. The van der Waals surface area contributed by atoms with Gasteiger partial charge in [-0.3, -0.25) is 24.5 Å². The van der Waals surface area contributed by atoms with Gasteiger partial charge < -0.3 is 4.57 Å². The largest absolute Gasteiger partial charge is 0.317 e. The van der Waals surface area contributed by atoms with Crippen molar-refractivity contribution < 1.29 is 0 Å². The summed E-state index contributed by atoms with van der Waals surface area (Å²) >= 11 is 0. The van der Waals surface area contributed by atoms with Gasteiger partial charge in [-0.1, -0.05) is 60.7 Å². The standard InChI is InChI=1S/C29H33N5O2/c1-22-26-27(23(2)34(22)25-13-7-4-8-14-25)29(36)33(30-28(26)35)21-20-32-18-16-31(17-19-32)15-9-12-24-10-5-3-6-11-24/h3-14H,15-21H2,1-2H3,(H,30,35)/b12-9+. The van der Waals surface area contributed by atoms with Crippen molar-refractivity contribution in [2.75, 3.05) is 39.3 Å². The van der Waals surface area contributed by atoms with Gasteiger partial charge in [0, 0.05) is 56.3 Å². The Morgan fingerprint density at radius 1 is 0.778 bits per heavy atom. The molecule has 0 aliphatic carbocycles. The number of aryl methyl sites for hydroxylation is 2. The van der Waals surface area contributed by atoms with Crippen LogP contribution in [0.25, 0.3) is 22.5 Å². The third-order valence-electron chi connectivity index (χ3n) is 7.16. The van der Waals surface area contributed by atoms with Crippen LogP contribution in [-0.4, -0.2) is 63.4 Å². The van der Waals surface area contributed by atoms with Gasteiger partial charge in [-0.2, -0.15) is 0 Å². The number of fused-ring (bicyclic) bond motifs is 1. The maximum absolute atomic E-state index is 13.4. The highest BCUT2D eigenvalue weighted by Gasteiger charge is 2.21. The number of aromatic amines is 1. The van der Waals surface area contributed by atoms with E-state index >= 15 is 0 Å². The van der Waals surface area contributed by atoms with E-state index in [2.05, 4.69) is 51.3 Å². The SMILES string of the molecule is Cc1c2c(=O)[nH]n(CCN3CCN(C/C=C/c4ccccc4)CC3)c(=O)c2c(C)n1-c1ccccc1. The number of hydrogen-bond acceptors (Lipinski definition) is 4. The van der Waals surface area contributed by atoms with Gasteiger partial charge in [0.15, 0.2) is 0 Å². The molecule has 0 saturated carbocycles. The summed E-state index contributed by atoms with van der Waals surface area (Å²) in [5.74, 6) is 0. The average Bonchev–Trinajstić information content (AvgIpc) is 3.17. The van der Waals surface area contributed by atoms with Crippen LogP contribution in [0.2, 0.25) is 0 Å². The van der Waals surface area contributed by atoms with Crippen molar-refractivity contribution >= 4 is 16.8 Å². The quantitative estimate of drug-likeness (QED) is 0.437. The molecular weight excluding hydrogens is 450 g/mol. The highest BCUT2D eigenvalue weighted by molar-refractivity contribution is 5.87. The topological polar surface area (TPSA) is 66.3 Å². The molecule has 2 aromatic carbocycles. The lowest BCUT2D eigenvalue weighted by atomic mass is 10.2. The zero-order valence-corrected chi connectivity index (χ0v) is 21.0. The van der Waals surface area contributed by atoms with Crippen molar-refractivity contribution in [1.29, 1.82) is 0 Å². The van der Waals surface area contributed by atoms with Crippen LogP contribution in [0.15, 0.2) is 76.3 Å². The number of H-pyrrole nitrogens is 1. The molecule has 1 aliphatic heterocycles. The van der Waals surface area contributed by atoms with E-state index < -0.39 is 0 Å². The second kappa shape index (κ2) is 10.5. The van der Waals surface area contributed by atoms with Gasteiger partial charge in [-0.05, 0) is 31.5 Å². The minimum atomic E-state index is -0.213. The van der Waals surface area contributed by atoms with Gasteiger partial charge in [0.2, 0.25) is 0 Å². The second-order valence-corrected chi connectivity index (χ2v) is 9.44. The van der Waals surface area contributed by atoms with Crippen LogP contribution in [0.1, 0.15) is 17.0 Å². The smallest absolute Gasteiger partial charge is 0.274 e. The van der Waals surface area contributed by atoms with Crippen LogP contribution in [0.3, 0.4) is 0 Å². The minimum Gasteiger partial charge on any atom is -0.317 e. The fraction of sp³-hybridized carbons (Fsp3) is 0.310. The third kappa shape index (κ3) is 4.85. The van der Waals surface area contributed by atoms with Gasteiger partial charge >= 0.3 is 0 Å². The van der Waals surface area contributed by atoms with Crippen LogP contribution >= 0.6 is 0 Å². The highest BCUT2D eigenvalue weighted by atomic mass is 16.2. The molecule has 0 amide bonds. The number of rotatable bonds is 7. The fourth-order valence-electron chi connectivity index (χ4n) is 5.20. The fourth-order valence-corrected chi connectivity index (χ4v) is 5.20. The number of nitrogens with zero attached hydrogens (tertiary/aromatic N) is 4. The first-order valence-corrected chi connectivity index (χ1v) is 12.6. The van der Waals surface area contributed by atoms with Gasteiger partial charge in [0.1, 0.15) is 0 Å². The van der Waals surface area contributed by atoms with Crippen molar-refractivity contribution in [2.24, 2.45) is 0 Å². The molecule has 3 heterocycles. The Morgan fingerprint density at radius 3 is 2.08 bits per heavy atom. The number of para-hydroxylation sites is 1. The predicted octanol–water partition coefficient (Wildman–Crippen LogP) is 3.43. The molecule has 7 nitrogen and oxygen atoms in total. The van der Waals surface area contributed by atoms with Crippen LogP contribution in [0, 0.1) is 13.8 Å². The molecule has 7 heteroatoms. The molecule has 1 saturated heterocycles. The summed E-state index contributed by atoms with van der Waals surface area (Å²) in [6.45, 7) is 9.81. The van der Waals surface area contributed by atoms with Crippen molar-refractivity contribution in [3.8, 4) is 5.69 Å². The van der Waals surface area contributed by atoms with E-state index in [-0.39, 0.29) is 11.1 Å². The molecule has 186 valence electrons. The van der Waals surface area contributed by atoms with Crippen LogP contribution in [0.4, 0.5) is 0 Å². The Labute approximate surface area is 210 Å². The highest BCUT2D eigenvalue weighted by Crippen LogP contribution is 2.23. The van der Waals surface area contributed by atoms with E-state index in [4.69, 9.17) is 0 Å². The average molecular weight is 484 g/mol. The normalized spacial score (nSPS) is 15.3. The summed E-state index contributed by atoms with van der Waals surface area (Å²) in [6, 6.07) is 20.2. The lowest BCUT2D eigenvalue weighted by Gasteiger charge is -2.34. The van der Waals surface area contributed by atoms with E-state index in [1.54, 1.807) is 0 Å². The lowest BCUT2D eigenvalue weighted by molar-refractivity contribution is 0.137. The molecule has 1 aliphatic rings. The first kappa shape index (κ1) is 24.0. The van der Waals surface area contributed by atoms with Crippen LogP contribution in [0.5, 0.6) is 0 Å². The summed E-state index contributed by atoms with van der Waals surface area (Å²) in [4.78, 5) is 31.2. The zero-order valence-electron chi connectivity index (χ0n) is 21.0. The lowest BCUT2D eigenvalue weighted by Crippen LogP contribution is -2.47. The Morgan fingerprint density at radius 2 is 1.39 bits per heavy atom. The minimum absolute atomic E-state index is 0.135. The molecule has 2 aromatic heterocycles. The molecular formula is C29H33N5O2. The van der Waals surface area contributed by atoms with Crippen molar-refractivity contribution in [1.82, 2.24) is 24.1 Å². The Balaban J connectivity index is 1.25. The van der Waals surface area contributed by atoms with Crippen molar-refractivity contribution in [3.05, 3.63) is 104 Å². The number of hydrogen-bond donors (Lipinski definition) is 1. The van der Waals surface area contributed by atoms with Crippen molar-refractivity contribution in [2.45, 2.75) is 20.4 Å². The van der Waals surface area contributed by atoms with E-state index in [0.717, 1.165) is 56.3 Å². The molecule has 0 unspecified atom stereocenters. The van der Waals surface area contributed by atoms with Crippen molar-refractivity contribution in [3.63, 3.8) is 0 Å². The maximum Gasteiger partial charge on any atom is 0.274 e. The molecule has 0 bridgehead atoms. The molecule has 36 heavy (non-hydrogen) atoms.